The van der Waals surface area contributed by atoms with Gasteiger partial charge in [-0.25, -0.2) is 4.79 Å². The smallest absolute Gasteiger partial charge is 0.338 e. The maximum atomic E-state index is 11.3. The van der Waals surface area contributed by atoms with Crippen LogP contribution in [0.5, 0.6) is 0 Å². The molecule has 0 fully saturated rings. The van der Waals surface area contributed by atoms with Crippen molar-refractivity contribution in [1.82, 2.24) is 0 Å². The molecule has 2 atom stereocenters. The highest BCUT2D eigenvalue weighted by atomic mass is 16.6. The standard InChI is InChI=1S/C10H16O4/c1-4-7-14-9(8(11)5-2)10(12)13-6-3/h4-5,8-9,11H,1-2,6-7H2,3H3/t8-,9-/m0/s1. The molecular weight excluding hydrogens is 184 g/mol. The van der Waals surface area contributed by atoms with Crippen molar-refractivity contribution in [1.29, 1.82) is 0 Å². The fourth-order valence-electron chi connectivity index (χ4n) is 0.826. The molecule has 80 valence electrons. The Balaban J connectivity index is 4.28. The first-order valence-corrected chi connectivity index (χ1v) is 4.37. The lowest BCUT2D eigenvalue weighted by Gasteiger charge is -2.18. The molecule has 0 radical (unpaired) electrons. The van der Waals surface area contributed by atoms with Gasteiger partial charge in [0.05, 0.1) is 13.2 Å². The van der Waals surface area contributed by atoms with Gasteiger partial charge in [-0.1, -0.05) is 12.2 Å². The Kier molecular flexibility index (Phi) is 6.70. The van der Waals surface area contributed by atoms with Crippen LogP contribution in [0.3, 0.4) is 0 Å². The average Bonchev–Trinajstić information content (AvgIpc) is 2.18. The van der Waals surface area contributed by atoms with Gasteiger partial charge in [-0.2, -0.15) is 0 Å². The molecule has 1 N–H and O–H groups in total. The number of esters is 1. The second kappa shape index (κ2) is 7.29. The number of hydrogen-bond donors (Lipinski definition) is 1. The summed E-state index contributed by atoms with van der Waals surface area (Å²) in [5, 5.41) is 9.36. The van der Waals surface area contributed by atoms with E-state index in [0.717, 1.165) is 0 Å². The zero-order chi connectivity index (χ0) is 11.0. The Hall–Kier alpha value is -1.13. The van der Waals surface area contributed by atoms with Crippen LogP contribution in [0.15, 0.2) is 25.3 Å². The van der Waals surface area contributed by atoms with Gasteiger partial charge >= 0.3 is 5.97 Å². The van der Waals surface area contributed by atoms with Crippen molar-refractivity contribution >= 4 is 5.97 Å². The third-order valence-corrected chi connectivity index (χ3v) is 1.46. The maximum absolute atomic E-state index is 11.3. The largest absolute Gasteiger partial charge is 0.464 e. The highest BCUT2D eigenvalue weighted by molar-refractivity contribution is 5.75. The van der Waals surface area contributed by atoms with Crippen molar-refractivity contribution in [3.8, 4) is 0 Å². The summed E-state index contributed by atoms with van der Waals surface area (Å²) < 4.78 is 9.76. The quantitative estimate of drug-likeness (QED) is 0.484. The Bertz CT molecular complexity index is 200. The van der Waals surface area contributed by atoms with Crippen molar-refractivity contribution < 1.29 is 19.4 Å². The van der Waals surface area contributed by atoms with Crippen LogP contribution < -0.4 is 0 Å². The molecule has 0 rings (SSSR count). The van der Waals surface area contributed by atoms with Gasteiger partial charge in [0.2, 0.25) is 0 Å². The zero-order valence-corrected chi connectivity index (χ0v) is 8.31. The van der Waals surface area contributed by atoms with E-state index in [1.807, 2.05) is 0 Å². The summed E-state index contributed by atoms with van der Waals surface area (Å²) in [6.07, 6.45) is 0.631. The van der Waals surface area contributed by atoms with E-state index in [2.05, 4.69) is 13.2 Å². The second-order valence-electron chi connectivity index (χ2n) is 2.52. The molecule has 0 aliphatic carbocycles. The molecule has 0 unspecified atom stereocenters. The van der Waals surface area contributed by atoms with Crippen molar-refractivity contribution in [2.75, 3.05) is 13.2 Å². The van der Waals surface area contributed by atoms with Crippen molar-refractivity contribution in [2.24, 2.45) is 0 Å². The molecule has 0 aromatic heterocycles. The molecule has 0 aliphatic heterocycles. The van der Waals surface area contributed by atoms with Crippen LogP contribution in [-0.4, -0.2) is 36.5 Å². The molecule has 4 nitrogen and oxygen atoms in total. The number of aliphatic hydroxyl groups excluding tert-OH is 1. The summed E-state index contributed by atoms with van der Waals surface area (Å²) in [7, 11) is 0. The predicted octanol–water partition coefficient (Wildman–Crippen LogP) is 0.668. The maximum Gasteiger partial charge on any atom is 0.338 e. The topological polar surface area (TPSA) is 55.8 Å². The Morgan fingerprint density at radius 1 is 1.57 bits per heavy atom. The van der Waals surface area contributed by atoms with Gasteiger partial charge in [-0.15, -0.1) is 13.2 Å². The molecule has 0 heterocycles. The molecule has 0 aromatic rings. The number of aliphatic hydroxyl groups is 1. The molecule has 0 saturated carbocycles. The first-order valence-electron chi connectivity index (χ1n) is 4.37. The molecule has 0 saturated heterocycles. The van der Waals surface area contributed by atoms with E-state index in [1.54, 1.807) is 6.92 Å². The molecule has 0 spiro atoms. The molecular formula is C10H16O4. The molecule has 4 heteroatoms. The normalized spacial score (nSPS) is 14.1. The van der Waals surface area contributed by atoms with Gasteiger partial charge in [0.25, 0.3) is 0 Å². The summed E-state index contributed by atoms with van der Waals surface area (Å²) in [4.78, 5) is 11.3. The summed E-state index contributed by atoms with van der Waals surface area (Å²) in [5.41, 5.74) is 0. The van der Waals surface area contributed by atoms with Crippen LogP contribution >= 0.6 is 0 Å². The molecule has 0 aliphatic rings. The van der Waals surface area contributed by atoms with Gasteiger partial charge in [0.15, 0.2) is 6.10 Å². The van der Waals surface area contributed by atoms with Crippen molar-refractivity contribution in [3.63, 3.8) is 0 Å². The van der Waals surface area contributed by atoms with Gasteiger partial charge < -0.3 is 14.6 Å². The van der Waals surface area contributed by atoms with Crippen LogP contribution in [0.25, 0.3) is 0 Å². The summed E-state index contributed by atoms with van der Waals surface area (Å²) in [5.74, 6) is -0.596. The number of ether oxygens (including phenoxy) is 2. The van der Waals surface area contributed by atoms with Crippen LogP contribution in [-0.2, 0) is 14.3 Å². The third-order valence-electron chi connectivity index (χ3n) is 1.46. The second-order valence-corrected chi connectivity index (χ2v) is 2.52. The number of carbonyl (C=O) groups is 1. The number of carbonyl (C=O) groups excluding carboxylic acids is 1. The average molecular weight is 200 g/mol. The lowest BCUT2D eigenvalue weighted by molar-refractivity contribution is -0.161. The Morgan fingerprint density at radius 2 is 2.21 bits per heavy atom. The first-order chi connectivity index (χ1) is 6.67. The SMILES string of the molecule is C=CCO[C@H](C(=O)OCC)[C@@H](O)C=C. The van der Waals surface area contributed by atoms with E-state index in [4.69, 9.17) is 9.47 Å². The van der Waals surface area contributed by atoms with Crippen LogP contribution in [0.1, 0.15) is 6.92 Å². The van der Waals surface area contributed by atoms with E-state index >= 15 is 0 Å². The monoisotopic (exact) mass is 200 g/mol. The minimum atomic E-state index is -1.06. The van der Waals surface area contributed by atoms with Crippen LogP contribution in [0, 0.1) is 0 Å². The van der Waals surface area contributed by atoms with E-state index in [0.29, 0.717) is 0 Å². The molecule has 0 aromatic carbocycles. The van der Waals surface area contributed by atoms with Gasteiger partial charge in [-0.05, 0) is 6.92 Å². The Labute approximate surface area is 83.8 Å². The van der Waals surface area contributed by atoms with E-state index in [-0.39, 0.29) is 13.2 Å². The highest BCUT2D eigenvalue weighted by Crippen LogP contribution is 2.04. The molecule has 0 bridgehead atoms. The van der Waals surface area contributed by atoms with Gasteiger partial charge in [-0.3, -0.25) is 0 Å². The molecule has 0 amide bonds. The van der Waals surface area contributed by atoms with Crippen molar-refractivity contribution in [2.45, 2.75) is 19.1 Å². The lowest BCUT2D eigenvalue weighted by Crippen LogP contribution is -2.36. The minimum absolute atomic E-state index is 0.175. The van der Waals surface area contributed by atoms with Crippen LogP contribution in [0.4, 0.5) is 0 Å². The third kappa shape index (κ3) is 4.20. The highest BCUT2D eigenvalue weighted by Gasteiger charge is 2.26. The number of hydrogen-bond acceptors (Lipinski definition) is 4. The summed E-state index contributed by atoms with van der Waals surface area (Å²) in [6.45, 7) is 8.91. The van der Waals surface area contributed by atoms with E-state index in [1.165, 1.54) is 12.2 Å². The number of rotatable bonds is 7. The minimum Gasteiger partial charge on any atom is -0.464 e. The predicted molar refractivity (Wildman–Crippen MR) is 52.8 cm³/mol. The fourth-order valence-corrected chi connectivity index (χ4v) is 0.826. The molecule has 14 heavy (non-hydrogen) atoms. The van der Waals surface area contributed by atoms with E-state index in [9.17, 15) is 9.90 Å². The Morgan fingerprint density at radius 3 is 2.64 bits per heavy atom. The van der Waals surface area contributed by atoms with Gasteiger partial charge in [0.1, 0.15) is 6.10 Å². The summed E-state index contributed by atoms with van der Waals surface area (Å²) >= 11 is 0. The lowest BCUT2D eigenvalue weighted by atomic mass is 10.2. The zero-order valence-electron chi connectivity index (χ0n) is 8.31. The van der Waals surface area contributed by atoms with E-state index < -0.39 is 18.2 Å². The summed E-state index contributed by atoms with van der Waals surface area (Å²) in [6, 6.07) is 0. The first kappa shape index (κ1) is 12.9. The fraction of sp³-hybridized carbons (Fsp3) is 0.500. The van der Waals surface area contributed by atoms with Crippen LogP contribution in [0.2, 0.25) is 0 Å². The van der Waals surface area contributed by atoms with Crippen molar-refractivity contribution in [3.05, 3.63) is 25.3 Å². The van der Waals surface area contributed by atoms with Gasteiger partial charge in [0, 0.05) is 0 Å².